The number of hydrogen-bond donors (Lipinski definition) is 2. The van der Waals surface area contributed by atoms with Crippen LogP contribution in [-0.4, -0.2) is 35.6 Å². The average molecular weight is 389 g/mol. The Balaban J connectivity index is 1.79. The summed E-state index contributed by atoms with van der Waals surface area (Å²) in [7, 11) is 0. The molecule has 4 nitrogen and oxygen atoms in total. The van der Waals surface area contributed by atoms with E-state index in [2.05, 4.69) is 34.5 Å². The number of hydrogen-bond acceptors (Lipinski definition) is 3. The summed E-state index contributed by atoms with van der Waals surface area (Å²) in [4.78, 5) is 14.9. The molecule has 0 heterocycles. The van der Waals surface area contributed by atoms with Crippen molar-refractivity contribution >= 4 is 5.91 Å². The van der Waals surface area contributed by atoms with Gasteiger partial charge in [-0.1, -0.05) is 91.0 Å². The number of rotatable bonds is 10. The van der Waals surface area contributed by atoms with Crippen LogP contribution in [0, 0.1) is 0 Å². The van der Waals surface area contributed by atoms with Crippen LogP contribution in [0.25, 0.3) is 0 Å². The third-order valence-electron chi connectivity index (χ3n) is 4.88. The lowest BCUT2D eigenvalue weighted by Crippen LogP contribution is -2.40. The molecule has 0 aromatic heterocycles. The molecule has 0 aliphatic heterocycles. The zero-order chi connectivity index (χ0) is 20.3. The summed E-state index contributed by atoms with van der Waals surface area (Å²) in [6.07, 6.45) is 0.613. The van der Waals surface area contributed by atoms with Gasteiger partial charge in [-0.25, -0.2) is 0 Å². The minimum absolute atomic E-state index is 0.0244. The van der Waals surface area contributed by atoms with Gasteiger partial charge in [-0.3, -0.25) is 9.69 Å². The van der Waals surface area contributed by atoms with E-state index in [4.69, 9.17) is 0 Å². The first-order valence-corrected chi connectivity index (χ1v) is 10.0. The highest BCUT2D eigenvalue weighted by molar-refractivity contribution is 5.78. The molecule has 0 aliphatic carbocycles. The normalized spacial score (nSPS) is 11.0. The summed E-state index contributed by atoms with van der Waals surface area (Å²) in [5.41, 5.74) is 3.34. The van der Waals surface area contributed by atoms with Crippen LogP contribution in [0.5, 0.6) is 0 Å². The summed E-state index contributed by atoms with van der Waals surface area (Å²) in [6, 6.07) is 30.3. The van der Waals surface area contributed by atoms with Gasteiger partial charge in [0.25, 0.3) is 0 Å². The minimum atomic E-state index is -0.0496. The fourth-order valence-corrected chi connectivity index (χ4v) is 3.49. The Kier molecular flexibility index (Phi) is 7.99. The first-order valence-electron chi connectivity index (χ1n) is 10.0. The average Bonchev–Trinajstić information content (AvgIpc) is 2.78. The summed E-state index contributed by atoms with van der Waals surface area (Å²) < 4.78 is 0. The van der Waals surface area contributed by atoms with Crippen molar-refractivity contribution in [2.75, 3.05) is 19.7 Å². The number of carbonyl (C=O) groups excluding carboxylic acids is 1. The number of aliphatic hydroxyl groups is 1. The third kappa shape index (κ3) is 6.28. The summed E-state index contributed by atoms with van der Waals surface area (Å²) >= 11 is 0. The van der Waals surface area contributed by atoms with Crippen molar-refractivity contribution in [3.63, 3.8) is 0 Å². The molecule has 0 bridgehead atoms. The zero-order valence-electron chi connectivity index (χ0n) is 16.6. The number of aliphatic hydroxyl groups excluding tert-OH is 1. The van der Waals surface area contributed by atoms with Gasteiger partial charge in [-0.15, -0.1) is 0 Å². The van der Waals surface area contributed by atoms with Crippen LogP contribution < -0.4 is 5.32 Å². The van der Waals surface area contributed by atoms with Crippen LogP contribution in [0.4, 0.5) is 0 Å². The molecule has 0 saturated heterocycles. The van der Waals surface area contributed by atoms with Crippen LogP contribution >= 0.6 is 0 Å². The van der Waals surface area contributed by atoms with Crippen molar-refractivity contribution < 1.29 is 9.90 Å². The quantitative estimate of drug-likeness (QED) is 0.556. The Morgan fingerprint density at radius 2 is 1.34 bits per heavy atom. The maximum absolute atomic E-state index is 12.7. The molecule has 1 amide bonds. The molecule has 3 aromatic carbocycles. The molecular formula is C25H28N2O2. The Labute approximate surface area is 172 Å². The van der Waals surface area contributed by atoms with Gasteiger partial charge in [0.15, 0.2) is 0 Å². The lowest BCUT2D eigenvalue weighted by atomic mass is 9.96. The van der Waals surface area contributed by atoms with Gasteiger partial charge < -0.3 is 10.4 Å². The molecular weight excluding hydrogens is 360 g/mol. The SMILES string of the molecule is O=C(CN(CCCO)C(c1ccccc1)c1ccccc1)NCc1ccccc1. The molecule has 3 rings (SSSR count). The van der Waals surface area contributed by atoms with Crippen molar-refractivity contribution in [3.8, 4) is 0 Å². The van der Waals surface area contributed by atoms with Gasteiger partial charge >= 0.3 is 0 Å². The lowest BCUT2D eigenvalue weighted by molar-refractivity contribution is -0.122. The number of benzene rings is 3. The molecule has 0 saturated carbocycles. The minimum Gasteiger partial charge on any atom is -0.396 e. The van der Waals surface area contributed by atoms with Crippen LogP contribution in [0.3, 0.4) is 0 Å². The second-order valence-corrected chi connectivity index (χ2v) is 7.03. The van der Waals surface area contributed by atoms with Crippen molar-refractivity contribution in [2.24, 2.45) is 0 Å². The third-order valence-corrected chi connectivity index (χ3v) is 4.88. The topological polar surface area (TPSA) is 52.6 Å². The smallest absolute Gasteiger partial charge is 0.234 e. The van der Waals surface area contributed by atoms with E-state index < -0.39 is 0 Å². The second-order valence-electron chi connectivity index (χ2n) is 7.03. The number of carbonyl (C=O) groups is 1. The first kappa shape index (κ1) is 20.8. The molecule has 0 spiro atoms. The fraction of sp³-hybridized carbons (Fsp3) is 0.240. The van der Waals surface area contributed by atoms with Crippen LogP contribution in [0.2, 0.25) is 0 Å². The van der Waals surface area contributed by atoms with Gasteiger partial charge in [0.2, 0.25) is 5.91 Å². The Bertz CT molecular complexity index is 814. The molecule has 29 heavy (non-hydrogen) atoms. The highest BCUT2D eigenvalue weighted by atomic mass is 16.3. The molecule has 0 atom stereocenters. The highest BCUT2D eigenvalue weighted by Crippen LogP contribution is 2.28. The molecule has 0 unspecified atom stereocenters. The molecule has 0 radical (unpaired) electrons. The Morgan fingerprint density at radius 3 is 1.86 bits per heavy atom. The van der Waals surface area contributed by atoms with Crippen molar-refractivity contribution in [1.82, 2.24) is 10.2 Å². The zero-order valence-corrected chi connectivity index (χ0v) is 16.6. The van der Waals surface area contributed by atoms with Gasteiger partial charge in [-0.05, 0) is 23.1 Å². The first-order chi connectivity index (χ1) is 14.3. The van der Waals surface area contributed by atoms with Crippen LogP contribution in [-0.2, 0) is 11.3 Å². The van der Waals surface area contributed by atoms with Gasteiger partial charge in [0.05, 0.1) is 12.6 Å². The molecule has 0 fully saturated rings. The fourth-order valence-electron chi connectivity index (χ4n) is 3.49. The van der Waals surface area contributed by atoms with Crippen molar-refractivity contribution in [3.05, 3.63) is 108 Å². The van der Waals surface area contributed by atoms with Gasteiger partial charge in [0.1, 0.15) is 0 Å². The molecule has 0 aliphatic rings. The molecule has 3 aromatic rings. The molecule has 150 valence electrons. The van der Waals surface area contributed by atoms with Gasteiger partial charge in [0, 0.05) is 19.7 Å². The lowest BCUT2D eigenvalue weighted by Gasteiger charge is -2.32. The maximum Gasteiger partial charge on any atom is 0.234 e. The van der Waals surface area contributed by atoms with Crippen molar-refractivity contribution in [1.29, 1.82) is 0 Å². The summed E-state index contributed by atoms with van der Waals surface area (Å²) in [5.74, 6) is -0.0244. The van der Waals surface area contributed by atoms with E-state index in [9.17, 15) is 9.90 Å². The number of amides is 1. The Hall–Kier alpha value is -2.95. The van der Waals surface area contributed by atoms with E-state index in [0.717, 1.165) is 16.7 Å². The van der Waals surface area contributed by atoms with E-state index in [1.165, 1.54) is 0 Å². The maximum atomic E-state index is 12.7. The van der Waals surface area contributed by atoms with E-state index in [0.29, 0.717) is 19.5 Å². The van der Waals surface area contributed by atoms with Crippen LogP contribution in [0.1, 0.15) is 29.2 Å². The number of nitrogens with zero attached hydrogens (tertiary/aromatic N) is 1. The second kappa shape index (κ2) is 11.1. The van der Waals surface area contributed by atoms with E-state index >= 15 is 0 Å². The molecule has 2 N–H and O–H groups in total. The predicted molar refractivity (Wildman–Crippen MR) is 116 cm³/mol. The predicted octanol–water partition coefficient (Wildman–Crippen LogP) is 3.78. The van der Waals surface area contributed by atoms with E-state index in [-0.39, 0.29) is 25.1 Å². The largest absolute Gasteiger partial charge is 0.396 e. The van der Waals surface area contributed by atoms with E-state index in [1.807, 2.05) is 66.7 Å². The highest BCUT2D eigenvalue weighted by Gasteiger charge is 2.24. The van der Waals surface area contributed by atoms with Crippen molar-refractivity contribution in [2.45, 2.75) is 19.0 Å². The monoisotopic (exact) mass is 388 g/mol. The van der Waals surface area contributed by atoms with E-state index in [1.54, 1.807) is 0 Å². The summed E-state index contributed by atoms with van der Waals surface area (Å²) in [5, 5.41) is 12.4. The Morgan fingerprint density at radius 1 is 0.828 bits per heavy atom. The van der Waals surface area contributed by atoms with Gasteiger partial charge in [-0.2, -0.15) is 0 Å². The van der Waals surface area contributed by atoms with Crippen LogP contribution in [0.15, 0.2) is 91.0 Å². The molecule has 4 heteroatoms. The summed E-state index contributed by atoms with van der Waals surface area (Å²) in [6.45, 7) is 1.50. The standard InChI is InChI=1S/C25H28N2O2/c28-18-10-17-27(20-24(29)26-19-21-11-4-1-5-12-21)25(22-13-6-2-7-14-22)23-15-8-3-9-16-23/h1-9,11-16,25,28H,10,17-20H2,(H,26,29). The number of nitrogens with one attached hydrogen (secondary N) is 1.